The molecule has 0 bridgehead atoms. The number of fused-ring (bicyclic) bond motifs is 1. The minimum Gasteiger partial charge on any atom is -0.487 e. The molecule has 144 valence electrons. The molecular formula is C22H22FN3O2. The molecule has 4 rings (SSSR count). The van der Waals surface area contributed by atoms with Crippen LogP contribution >= 0.6 is 0 Å². The molecule has 1 aliphatic rings. The highest BCUT2D eigenvalue weighted by Gasteiger charge is 2.28. The Bertz CT molecular complexity index is 980. The zero-order chi connectivity index (χ0) is 19.7. The van der Waals surface area contributed by atoms with Crippen molar-refractivity contribution in [2.75, 3.05) is 6.54 Å². The number of carbonyl (C=O) groups excluding carboxylic acids is 1. The monoisotopic (exact) mass is 379 g/mol. The van der Waals surface area contributed by atoms with E-state index in [-0.39, 0.29) is 11.9 Å². The van der Waals surface area contributed by atoms with Crippen LogP contribution in [0.4, 0.5) is 4.39 Å². The Hall–Kier alpha value is -3.15. The van der Waals surface area contributed by atoms with Gasteiger partial charge in [-0.15, -0.1) is 0 Å². The Morgan fingerprint density at radius 3 is 2.75 bits per heavy atom. The van der Waals surface area contributed by atoms with Crippen molar-refractivity contribution in [3.63, 3.8) is 0 Å². The van der Waals surface area contributed by atoms with Gasteiger partial charge in [0.15, 0.2) is 0 Å². The standard InChI is InChI=1S/C22H22FN3O2/c1-15-8-17(10-18(23)9-15)22(27)25-12-16(2)26-20(13-25)11-19(24-26)14-28-21-6-4-3-5-7-21/h3-11,16H,12-14H2,1-2H3. The molecule has 0 spiro atoms. The first-order valence-corrected chi connectivity index (χ1v) is 9.31. The quantitative estimate of drug-likeness (QED) is 0.685. The molecule has 1 amide bonds. The molecule has 0 saturated heterocycles. The molecule has 0 aliphatic carbocycles. The van der Waals surface area contributed by atoms with Crippen molar-refractivity contribution in [1.29, 1.82) is 0 Å². The number of carbonyl (C=O) groups is 1. The van der Waals surface area contributed by atoms with Crippen LogP contribution in [0.25, 0.3) is 0 Å². The summed E-state index contributed by atoms with van der Waals surface area (Å²) in [7, 11) is 0. The van der Waals surface area contributed by atoms with Crippen LogP contribution in [0.2, 0.25) is 0 Å². The molecule has 2 aromatic carbocycles. The summed E-state index contributed by atoms with van der Waals surface area (Å²) in [6.07, 6.45) is 0. The van der Waals surface area contributed by atoms with Crippen molar-refractivity contribution in [2.45, 2.75) is 33.0 Å². The Balaban J connectivity index is 1.50. The lowest BCUT2D eigenvalue weighted by Crippen LogP contribution is -2.40. The van der Waals surface area contributed by atoms with Gasteiger partial charge in [-0.05, 0) is 55.8 Å². The van der Waals surface area contributed by atoms with Gasteiger partial charge in [0.05, 0.1) is 18.3 Å². The van der Waals surface area contributed by atoms with E-state index in [0.717, 1.165) is 22.7 Å². The fraction of sp³-hybridized carbons (Fsp3) is 0.273. The van der Waals surface area contributed by atoms with E-state index in [9.17, 15) is 9.18 Å². The fourth-order valence-electron chi connectivity index (χ4n) is 3.59. The average molecular weight is 379 g/mol. The highest BCUT2D eigenvalue weighted by atomic mass is 19.1. The molecular weight excluding hydrogens is 357 g/mol. The Labute approximate surface area is 163 Å². The van der Waals surface area contributed by atoms with Gasteiger partial charge in [0.2, 0.25) is 0 Å². The van der Waals surface area contributed by atoms with E-state index in [1.165, 1.54) is 12.1 Å². The fourth-order valence-corrected chi connectivity index (χ4v) is 3.59. The van der Waals surface area contributed by atoms with E-state index < -0.39 is 5.82 Å². The number of hydrogen-bond acceptors (Lipinski definition) is 3. The van der Waals surface area contributed by atoms with Gasteiger partial charge in [-0.3, -0.25) is 9.48 Å². The van der Waals surface area contributed by atoms with E-state index in [1.807, 2.05) is 48.0 Å². The van der Waals surface area contributed by atoms with E-state index in [0.29, 0.717) is 25.3 Å². The van der Waals surface area contributed by atoms with Crippen LogP contribution in [0.5, 0.6) is 5.75 Å². The molecule has 1 aromatic heterocycles. The van der Waals surface area contributed by atoms with E-state index in [2.05, 4.69) is 5.10 Å². The zero-order valence-corrected chi connectivity index (χ0v) is 15.9. The maximum atomic E-state index is 13.7. The smallest absolute Gasteiger partial charge is 0.254 e. The molecule has 6 heteroatoms. The lowest BCUT2D eigenvalue weighted by Gasteiger charge is -2.32. The number of benzene rings is 2. The van der Waals surface area contributed by atoms with E-state index >= 15 is 0 Å². The molecule has 2 heterocycles. The summed E-state index contributed by atoms with van der Waals surface area (Å²) < 4.78 is 21.4. The van der Waals surface area contributed by atoms with Crippen molar-refractivity contribution in [3.8, 4) is 5.75 Å². The van der Waals surface area contributed by atoms with Crippen LogP contribution in [-0.2, 0) is 13.2 Å². The summed E-state index contributed by atoms with van der Waals surface area (Å²) >= 11 is 0. The van der Waals surface area contributed by atoms with Crippen molar-refractivity contribution in [3.05, 3.63) is 82.9 Å². The highest BCUT2D eigenvalue weighted by Crippen LogP contribution is 2.24. The number of aryl methyl sites for hydroxylation is 1. The van der Waals surface area contributed by atoms with Gasteiger partial charge in [-0.25, -0.2) is 4.39 Å². The van der Waals surface area contributed by atoms with Gasteiger partial charge in [0.1, 0.15) is 23.9 Å². The number of aromatic nitrogens is 2. The summed E-state index contributed by atoms with van der Waals surface area (Å²) in [5.41, 5.74) is 2.89. The van der Waals surface area contributed by atoms with Crippen LogP contribution in [-0.4, -0.2) is 27.1 Å². The summed E-state index contributed by atoms with van der Waals surface area (Å²) in [4.78, 5) is 14.6. The number of para-hydroxylation sites is 1. The first kappa shape index (κ1) is 18.2. The molecule has 0 radical (unpaired) electrons. The predicted octanol–water partition coefficient (Wildman–Crippen LogP) is 4.13. The average Bonchev–Trinajstić information content (AvgIpc) is 3.09. The van der Waals surface area contributed by atoms with Gasteiger partial charge in [0.25, 0.3) is 5.91 Å². The molecule has 28 heavy (non-hydrogen) atoms. The number of nitrogens with zero attached hydrogens (tertiary/aromatic N) is 3. The summed E-state index contributed by atoms with van der Waals surface area (Å²) in [5.74, 6) is 0.239. The van der Waals surface area contributed by atoms with Crippen molar-refractivity contribution in [2.24, 2.45) is 0 Å². The van der Waals surface area contributed by atoms with Crippen LogP contribution in [0.15, 0.2) is 54.6 Å². The second-order valence-electron chi connectivity index (χ2n) is 7.23. The largest absolute Gasteiger partial charge is 0.487 e. The molecule has 1 unspecified atom stereocenters. The molecule has 1 atom stereocenters. The number of rotatable bonds is 4. The van der Waals surface area contributed by atoms with Crippen LogP contribution in [0.1, 0.15) is 40.3 Å². The molecule has 0 N–H and O–H groups in total. The zero-order valence-electron chi connectivity index (χ0n) is 15.9. The summed E-state index contributed by atoms with van der Waals surface area (Å²) in [5, 5.41) is 4.64. The lowest BCUT2D eigenvalue weighted by atomic mass is 10.1. The summed E-state index contributed by atoms with van der Waals surface area (Å²) in [6.45, 7) is 5.15. The number of amides is 1. The number of ether oxygens (including phenoxy) is 1. The molecule has 3 aromatic rings. The normalized spacial score (nSPS) is 16.0. The van der Waals surface area contributed by atoms with Crippen molar-refractivity contribution >= 4 is 5.91 Å². The van der Waals surface area contributed by atoms with Gasteiger partial charge < -0.3 is 9.64 Å². The topological polar surface area (TPSA) is 47.4 Å². The van der Waals surface area contributed by atoms with E-state index in [4.69, 9.17) is 4.74 Å². The predicted molar refractivity (Wildman–Crippen MR) is 104 cm³/mol. The van der Waals surface area contributed by atoms with Gasteiger partial charge in [-0.1, -0.05) is 18.2 Å². The second-order valence-corrected chi connectivity index (χ2v) is 7.23. The van der Waals surface area contributed by atoms with Gasteiger partial charge >= 0.3 is 0 Å². The maximum Gasteiger partial charge on any atom is 0.254 e. The Morgan fingerprint density at radius 1 is 1.21 bits per heavy atom. The van der Waals surface area contributed by atoms with Crippen LogP contribution < -0.4 is 4.74 Å². The second kappa shape index (κ2) is 7.46. The van der Waals surface area contributed by atoms with Gasteiger partial charge in [-0.2, -0.15) is 5.10 Å². The van der Waals surface area contributed by atoms with Crippen LogP contribution in [0, 0.1) is 12.7 Å². The van der Waals surface area contributed by atoms with Gasteiger partial charge in [0, 0.05) is 12.1 Å². The van der Waals surface area contributed by atoms with Crippen molar-refractivity contribution < 1.29 is 13.9 Å². The molecule has 0 fully saturated rings. The summed E-state index contributed by atoms with van der Waals surface area (Å²) in [6, 6.07) is 16.0. The lowest BCUT2D eigenvalue weighted by molar-refractivity contribution is 0.0676. The van der Waals surface area contributed by atoms with E-state index in [1.54, 1.807) is 17.9 Å². The minimum atomic E-state index is -0.390. The third-order valence-electron chi connectivity index (χ3n) is 4.82. The molecule has 1 aliphatic heterocycles. The minimum absolute atomic E-state index is 0.0350. The third kappa shape index (κ3) is 3.76. The first-order valence-electron chi connectivity index (χ1n) is 9.31. The van der Waals surface area contributed by atoms with Crippen LogP contribution in [0.3, 0.4) is 0 Å². The molecule has 5 nitrogen and oxygen atoms in total. The molecule has 0 saturated carbocycles. The number of halogens is 1. The van der Waals surface area contributed by atoms with Crippen molar-refractivity contribution in [1.82, 2.24) is 14.7 Å². The SMILES string of the molecule is Cc1cc(F)cc(C(=O)N2Cc3cc(COc4ccccc4)nn3C(C)C2)c1. The number of hydrogen-bond donors (Lipinski definition) is 0. The highest BCUT2D eigenvalue weighted by molar-refractivity contribution is 5.94. The Morgan fingerprint density at radius 2 is 2.00 bits per heavy atom. The third-order valence-corrected chi connectivity index (χ3v) is 4.82. The maximum absolute atomic E-state index is 13.7. The first-order chi connectivity index (χ1) is 13.5. The Kier molecular flexibility index (Phi) is 4.86.